The number of nitrogens with zero attached hydrogens (tertiary/aromatic N) is 2. The fourth-order valence-corrected chi connectivity index (χ4v) is 1.75. The van der Waals surface area contributed by atoms with Crippen LogP contribution in [-0.4, -0.2) is 28.6 Å². The molecule has 0 unspecified atom stereocenters. The predicted molar refractivity (Wildman–Crippen MR) is 62.1 cm³/mol. The summed E-state index contributed by atoms with van der Waals surface area (Å²) in [4.78, 5) is 0. The van der Waals surface area contributed by atoms with Gasteiger partial charge < -0.3 is 9.84 Å². The Hall–Kier alpha value is -1.39. The van der Waals surface area contributed by atoms with E-state index in [1.165, 1.54) is 0 Å². The number of aromatic nitrogens is 2. The molecule has 1 N–H and O–H groups in total. The Balaban J connectivity index is 2.24. The van der Waals surface area contributed by atoms with Crippen molar-refractivity contribution in [3.63, 3.8) is 0 Å². The summed E-state index contributed by atoms with van der Waals surface area (Å²) < 4.78 is 6.97. The number of aliphatic hydroxyl groups is 1. The SMILES string of the molecule is COCCCn1ncc2ccc(CO)cc21. The average Bonchev–Trinajstić information content (AvgIpc) is 2.72. The molecule has 2 aromatic rings. The first kappa shape index (κ1) is 11.1. The number of hydrogen-bond donors (Lipinski definition) is 1. The van der Waals surface area contributed by atoms with E-state index in [9.17, 15) is 0 Å². The Kier molecular flexibility index (Phi) is 3.54. The Morgan fingerprint density at radius 2 is 2.31 bits per heavy atom. The number of fused-ring (bicyclic) bond motifs is 1. The van der Waals surface area contributed by atoms with Gasteiger partial charge in [-0.05, 0) is 18.1 Å². The van der Waals surface area contributed by atoms with Crippen LogP contribution < -0.4 is 0 Å². The van der Waals surface area contributed by atoms with Gasteiger partial charge in [0.05, 0.1) is 18.3 Å². The normalized spacial score (nSPS) is 11.1. The highest BCUT2D eigenvalue weighted by Crippen LogP contribution is 2.16. The van der Waals surface area contributed by atoms with Gasteiger partial charge in [-0.1, -0.05) is 12.1 Å². The molecular weight excluding hydrogens is 204 g/mol. The molecule has 0 saturated heterocycles. The van der Waals surface area contributed by atoms with Gasteiger partial charge in [0.15, 0.2) is 0 Å². The Labute approximate surface area is 94.5 Å². The number of methoxy groups -OCH3 is 1. The second-order valence-corrected chi connectivity index (χ2v) is 3.77. The minimum atomic E-state index is 0.0686. The molecule has 0 spiro atoms. The molecule has 0 atom stereocenters. The molecule has 86 valence electrons. The summed E-state index contributed by atoms with van der Waals surface area (Å²) in [5.74, 6) is 0. The van der Waals surface area contributed by atoms with Gasteiger partial charge >= 0.3 is 0 Å². The molecule has 2 rings (SSSR count). The van der Waals surface area contributed by atoms with Crippen molar-refractivity contribution in [3.8, 4) is 0 Å². The van der Waals surface area contributed by atoms with Gasteiger partial charge in [0.2, 0.25) is 0 Å². The third-order valence-electron chi connectivity index (χ3n) is 2.61. The number of aryl methyl sites for hydroxylation is 1. The molecule has 0 bridgehead atoms. The lowest BCUT2D eigenvalue weighted by atomic mass is 10.2. The monoisotopic (exact) mass is 220 g/mol. The first-order valence-electron chi connectivity index (χ1n) is 5.39. The van der Waals surface area contributed by atoms with Gasteiger partial charge in [0, 0.05) is 25.6 Å². The maximum Gasteiger partial charge on any atom is 0.0685 e. The summed E-state index contributed by atoms with van der Waals surface area (Å²) in [5.41, 5.74) is 1.99. The minimum Gasteiger partial charge on any atom is -0.392 e. The van der Waals surface area contributed by atoms with Crippen molar-refractivity contribution >= 4 is 10.9 Å². The van der Waals surface area contributed by atoms with E-state index in [1.54, 1.807) is 7.11 Å². The lowest BCUT2D eigenvalue weighted by molar-refractivity contribution is 0.189. The van der Waals surface area contributed by atoms with Crippen LogP contribution in [0.15, 0.2) is 24.4 Å². The van der Waals surface area contributed by atoms with Gasteiger partial charge in [-0.3, -0.25) is 4.68 Å². The fourth-order valence-electron chi connectivity index (χ4n) is 1.75. The van der Waals surface area contributed by atoms with Gasteiger partial charge in [-0.25, -0.2) is 0 Å². The zero-order valence-corrected chi connectivity index (χ0v) is 9.39. The molecule has 4 nitrogen and oxygen atoms in total. The van der Waals surface area contributed by atoms with Crippen LogP contribution in [-0.2, 0) is 17.9 Å². The molecule has 1 heterocycles. The highest BCUT2D eigenvalue weighted by molar-refractivity contribution is 5.79. The number of hydrogen-bond acceptors (Lipinski definition) is 3. The second-order valence-electron chi connectivity index (χ2n) is 3.77. The van der Waals surface area contributed by atoms with E-state index in [2.05, 4.69) is 5.10 Å². The van der Waals surface area contributed by atoms with Crippen LogP contribution in [0.5, 0.6) is 0 Å². The van der Waals surface area contributed by atoms with Crippen molar-refractivity contribution in [3.05, 3.63) is 30.0 Å². The van der Waals surface area contributed by atoms with Crippen LogP contribution in [0.25, 0.3) is 10.9 Å². The van der Waals surface area contributed by atoms with E-state index in [1.807, 2.05) is 29.1 Å². The van der Waals surface area contributed by atoms with Crippen molar-refractivity contribution in [2.45, 2.75) is 19.6 Å². The predicted octanol–water partition coefficient (Wildman–Crippen LogP) is 1.57. The molecule has 4 heteroatoms. The fraction of sp³-hybridized carbons (Fsp3) is 0.417. The highest BCUT2D eigenvalue weighted by atomic mass is 16.5. The van der Waals surface area contributed by atoms with Crippen LogP contribution in [0.1, 0.15) is 12.0 Å². The van der Waals surface area contributed by atoms with Crippen molar-refractivity contribution in [2.75, 3.05) is 13.7 Å². The molecule has 1 aromatic heterocycles. The smallest absolute Gasteiger partial charge is 0.0685 e. The summed E-state index contributed by atoms with van der Waals surface area (Å²) >= 11 is 0. The zero-order valence-electron chi connectivity index (χ0n) is 9.39. The first-order valence-corrected chi connectivity index (χ1v) is 5.39. The van der Waals surface area contributed by atoms with E-state index in [0.717, 1.165) is 36.0 Å². The van der Waals surface area contributed by atoms with Crippen LogP contribution in [0, 0.1) is 0 Å². The molecule has 0 aliphatic carbocycles. The van der Waals surface area contributed by atoms with E-state index >= 15 is 0 Å². The zero-order chi connectivity index (χ0) is 11.4. The Bertz CT molecular complexity index is 465. The van der Waals surface area contributed by atoms with Crippen LogP contribution in [0.3, 0.4) is 0 Å². The van der Waals surface area contributed by atoms with Crippen molar-refractivity contribution < 1.29 is 9.84 Å². The van der Waals surface area contributed by atoms with Crippen molar-refractivity contribution in [2.24, 2.45) is 0 Å². The van der Waals surface area contributed by atoms with E-state index in [-0.39, 0.29) is 6.61 Å². The summed E-state index contributed by atoms with van der Waals surface area (Å²) in [6.07, 6.45) is 2.79. The second kappa shape index (κ2) is 5.09. The quantitative estimate of drug-likeness (QED) is 0.778. The van der Waals surface area contributed by atoms with Gasteiger partial charge in [-0.15, -0.1) is 0 Å². The summed E-state index contributed by atoms with van der Waals surface area (Å²) in [7, 11) is 1.70. The molecular formula is C12H16N2O2. The molecule has 1 aromatic carbocycles. The molecule has 16 heavy (non-hydrogen) atoms. The molecule has 0 aliphatic rings. The van der Waals surface area contributed by atoms with Crippen molar-refractivity contribution in [1.82, 2.24) is 9.78 Å². The Morgan fingerprint density at radius 1 is 1.44 bits per heavy atom. The molecule has 0 fully saturated rings. The summed E-state index contributed by atoms with van der Waals surface area (Å²) in [6.45, 7) is 1.65. The van der Waals surface area contributed by atoms with Gasteiger partial charge in [0.25, 0.3) is 0 Å². The average molecular weight is 220 g/mol. The number of ether oxygens (including phenoxy) is 1. The lowest BCUT2D eigenvalue weighted by Gasteiger charge is -2.04. The third-order valence-corrected chi connectivity index (χ3v) is 2.61. The van der Waals surface area contributed by atoms with Crippen LogP contribution >= 0.6 is 0 Å². The summed E-state index contributed by atoms with van der Waals surface area (Å²) in [5, 5.41) is 14.5. The largest absolute Gasteiger partial charge is 0.392 e. The first-order chi connectivity index (χ1) is 7.85. The molecule has 0 aliphatic heterocycles. The number of aliphatic hydroxyl groups excluding tert-OH is 1. The van der Waals surface area contributed by atoms with Gasteiger partial charge in [0.1, 0.15) is 0 Å². The molecule has 0 saturated carbocycles. The molecule has 0 radical (unpaired) electrons. The Morgan fingerprint density at radius 3 is 3.06 bits per heavy atom. The maximum atomic E-state index is 9.09. The lowest BCUT2D eigenvalue weighted by Crippen LogP contribution is -2.03. The van der Waals surface area contributed by atoms with Crippen LogP contribution in [0.4, 0.5) is 0 Å². The van der Waals surface area contributed by atoms with Gasteiger partial charge in [-0.2, -0.15) is 5.10 Å². The van der Waals surface area contributed by atoms with Crippen LogP contribution in [0.2, 0.25) is 0 Å². The minimum absolute atomic E-state index is 0.0686. The van der Waals surface area contributed by atoms with E-state index < -0.39 is 0 Å². The van der Waals surface area contributed by atoms with E-state index in [4.69, 9.17) is 9.84 Å². The van der Waals surface area contributed by atoms with Crippen molar-refractivity contribution in [1.29, 1.82) is 0 Å². The maximum absolute atomic E-state index is 9.09. The number of rotatable bonds is 5. The highest BCUT2D eigenvalue weighted by Gasteiger charge is 2.03. The topological polar surface area (TPSA) is 47.3 Å². The number of benzene rings is 1. The third kappa shape index (κ3) is 2.23. The summed E-state index contributed by atoms with van der Waals surface area (Å²) in [6, 6.07) is 5.89. The molecule has 0 amide bonds. The standard InChI is InChI=1S/C12H16N2O2/c1-16-6-2-5-14-12-7-10(9-15)3-4-11(12)8-13-14/h3-4,7-8,15H,2,5-6,9H2,1H3. The van der Waals surface area contributed by atoms with E-state index in [0.29, 0.717) is 0 Å².